The Labute approximate surface area is 122 Å². The van der Waals surface area contributed by atoms with Crippen LogP contribution in [0.1, 0.15) is 4.79 Å². The normalized spacial score (nSPS) is 11.1. The number of hydrogen-bond donors (Lipinski definition) is 0. The maximum atomic E-state index is 11.9. The summed E-state index contributed by atoms with van der Waals surface area (Å²) in [6.07, 6.45) is 3.08. The Kier molecular flexibility index (Phi) is 3.16. The van der Waals surface area contributed by atoms with Crippen molar-refractivity contribution in [3.8, 4) is 11.3 Å². The molecule has 0 spiro atoms. The van der Waals surface area contributed by atoms with Crippen molar-refractivity contribution >= 4 is 44.3 Å². The van der Waals surface area contributed by atoms with Crippen LogP contribution in [0.2, 0.25) is 0 Å². The van der Waals surface area contributed by atoms with Crippen LogP contribution in [0.3, 0.4) is 0 Å². The summed E-state index contributed by atoms with van der Waals surface area (Å²) in [7, 11) is 0. The summed E-state index contributed by atoms with van der Waals surface area (Å²) in [5, 5.41) is 0.915. The summed E-state index contributed by atoms with van der Waals surface area (Å²) < 4.78 is 7.51. The van der Waals surface area contributed by atoms with Gasteiger partial charge in [0.1, 0.15) is 5.88 Å². The van der Waals surface area contributed by atoms with E-state index in [-0.39, 0.29) is 11.8 Å². The highest BCUT2D eigenvalue weighted by atomic mass is 79.9. The van der Waals surface area contributed by atoms with Crippen LogP contribution in [0.15, 0.2) is 45.9 Å². The summed E-state index contributed by atoms with van der Waals surface area (Å²) >= 11 is 8.96. The number of fused-ring (bicyclic) bond motifs is 1. The minimum absolute atomic E-state index is 0.0737. The fraction of sp³-hybridized carbons (Fsp3) is 0.0769. The van der Waals surface area contributed by atoms with Gasteiger partial charge in [0, 0.05) is 17.1 Å². The quantitative estimate of drug-likeness (QED) is 0.664. The first-order valence-electron chi connectivity index (χ1n) is 5.51. The molecule has 19 heavy (non-hydrogen) atoms. The van der Waals surface area contributed by atoms with E-state index in [1.165, 1.54) is 11.0 Å². The zero-order valence-corrected chi connectivity index (χ0v) is 12.0. The number of halogens is 2. The predicted octanol–water partition coefficient (Wildman–Crippen LogP) is 3.94. The number of oxazole rings is 1. The number of carbonyl (C=O) groups is 1. The highest BCUT2D eigenvalue weighted by molar-refractivity contribution is 9.10. The third-order valence-corrected chi connectivity index (χ3v) is 3.66. The van der Waals surface area contributed by atoms with Gasteiger partial charge in [0.2, 0.25) is 5.91 Å². The van der Waals surface area contributed by atoms with Gasteiger partial charge in [-0.3, -0.25) is 9.36 Å². The molecule has 4 nitrogen and oxygen atoms in total. The van der Waals surface area contributed by atoms with Crippen LogP contribution in [-0.4, -0.2) is 21.3 Å². The number of hydrogen-bond acceptors (Lipinski definition) is 3. The summed E-state index contributed by atoms with van der Waals surface area (Å²) in [4.78, 5) is 15.9. The number of rotatable bonds is 2. The fourth-order valence-electron chi connectivity index (χ4n) is 2.04. The van der Waals surface area contributed by atoms with E-state index in [4.69, 9.17) is 16.0 Å². The maximum Gasteiger partial charge on any atom is 0.246 e. The van der Waals surface area contributed by atoms with Crippen LogP contribution in [0.4, 0.5) is 0 Å². The summed E-state index contributed by atoms with van der Waals surface area (Å²) in [5.74, 6) is 0.340. The first kappa shape index (κ1) is 12.4. The molecular formula is C13H8BrClN2O2. The lowest BCUT2D eigenvalue weighted by Crippen LogP contribution is -2.09. The lowest BCUT2D eigenvalue weighted by molar-refractivity contribution is 0.0945. The molecule has 3 rings (SSSR count). The molecule has 0 aliphatic rings. The Morgan fingerprint density at radius 2 is 2.21 bits per heavy atom. The van der Waals surface area contributed by atoms with Crippen LogP contribution in [0.25, 0.3) is 22.2 Å². The fourth-order valence-corrected chi connectivity index (χ4v) is 2.56. The lowest BCUT2D eigenvalue weighted by atomic mass is 10.1. The highest BCUT2D eigenvalue weighted by Crippen LogP contribution is 2.34. The van der Waals surface area contributed by atoms with Crippen molar-refractivity contribution in [2.45, 2.75) is 0 Å². The molecule has 3 aromatic rings. The molecule has 0 aliphatic carbocycles. The second-order valence-electron chi connectivity index (χ2n) is 3.93. The van der Waals surface area contributed by atoms with Gasteiger partial charge < -0.3 is 4.42 Å². The van der Waals surface area contributed by atoms with Gasteiger partial charge in [0.25, 0.3) is 0 Å². The molecule has 0 atom stereocenters. The van der Waals surface area contributed by atoms with E-state index in [9.17, 15) is 4.79 Å². The second-order valence-corrected chi connectivity index (χ2v) is 4.95. The summed E-state index contributed by atoms with van der Waals surface area (Å²) in [6.45, 7) is 0. The van der Waals surface area contributed by atoms with Crippen molar-refractivity contribution < 1.29 is 9.21 Å². The average Bonchev–Trinajstić information content (AvgIpc) is 3.01. The molecule has 6 heteroatoms. The highest BCUT2D eigenvalue weighted by Gasteiger charge is 2.18. The second kappa shape index (κ2) is 4.83. The monoisotopic (exact) mass is 338 g/mol. The molecule has 1 aromatic carbocycles. The number of benzene rings is 1. The Morgan fingerprint density at radius 3 is 2.89 bits per heavy atom. The zero-order valence-electron chi connectivity index (χ0n) is 9.64. The summed E-state index contributed by atoms with van der Waals surface area (Å²) in [5.41, 5.74) is 1.60. The van der Waals surface area contributed by atoms with Crippen molar-refractivity contribution in [1.29, 1.82) is 0 Å². The predicted molar refractivity (Wildman–Crippen MR) is 76.5 cm³/mol. The van der Waals surface area contributed by atoms with E-state index in [0.29, 0.717) is 10.4 Å². The molecule has 2 heterocycles. The molecule has 2 aromatic heterocycles. The molecule has 0 fully saturated rings. The van der Waals surface area contributed by atoms with Crippen molar-refractivity contribution in [2.75, 3.05) is 5.88 Å². The lowest BCUT2D eigenvalue weighted by Gasteiger charge is -1.99. The topological polar surface area (TPSA) is 48.0 Å². The zero-order chi connectivity index (χ0) is 13.4. The van der Waals surface area contributed by atoms with E-state index in [1.54, 1.807) is 6.20 Å². The van der Waals surface area contributed by atoms with E-state index in [1.807, 2.05) is 24.3 Å². The van der Waals surface area contributed by atoms with Gasteiger partial charge in [0.15, 0.2) is 16.8 Å². The van der Waals surface area contributed by atoms with E-state index in [0.717, 1.165) is 16.5 Å². The van der Waals surface area contributed by atoms with Gasteiger partial charge in [-0.25, -0.2) is 4.98 Å². The average molecular weight is 340 g/mol. The summed E-state index contributed by atoms with van der Waals surface area (Å²) in [6, 6.07) is 7.58. The Balaban J connectivity index is 2.32. The maximum absolute atomic E-state index is 11.9. The van der Waals surface area contributed by atoms with Gasteiger partial charge in [-0.05, 0) is 22.0 Å². The number of alkyl halides is 1. The minimum atomic E-state index is -0.181. The van der Waals surface area contributed by atoms with Crippen molar-refractivity contribution in [3.05, 3.63) is 41.5 Å². The third-order valence-electron chi connectivity index (χ3n) is 2.86. The van der Waals surface area contributed by atoms with Gasteiger partial charge in [-0.1, -0.05) is 18.2 Å². The Bertz CT molecular complexity index is 763. The first-order chi connectivity index (χ1) is 9.22. The van der Waals surface area contributed by atoms with Crippen LogP contribution in [0, 0.1) is 0 Å². The van der Waals surface area contributed by atoms with Gasteiger partial charge in [-0.2, -0.15) is 0 Å². The molecular weight excluding hydrogens is 332 g/mol. The number of para-hydroxylation sites is 1. The SMILES string of the molecule is O=C(CCl)n1cc(-c2ocnc2Br)c2ccccc21. The molecule has 0 unspecified atom stereocenters. The largest absolute Gasteiger partial charge is 0.442 e. The van der Waals surface area contributed by atoms with Crippen molar-refractivity contribution in [1.82, 2.24) is 9.55 Å². The smallest absolute Gasteiger partial charge is 0.246 e. The number of carbonyl (C=O) groups excluding carboxylic acids is 1. The van der Waals surface area contributed by atoms with E-state index >= 15 is 0 Å². The first-order valence-corrected chi connectivity index (χ1v) is 6.83. The van der Waals surface area contributed by atoms with Gasteiger partial charge in [-0.15, -0.1) is 11.6 Å². The Hall–Kier alpha value is -1.59. The Morgan fingerprint density at radius 1 is 1.42 bits per heavy atom. The number of aromatic nitrogens is 2. The van der Waals surface area contributed by atoms with Crippen molar-refractivity contribution in [3.63, 3.8) is 0 Å². The van der Waals surface area contributed by atoms with E-state index in [2.05, 4.69) is 20.9 Å². The van der Waals surface area contributed by atoms with Gasteiger partial charge in [0.05, 0.1) is 5.52 Å². The standard InChI is InChI=1S/C13H8BrClN2O2/c14-13-12(19-7-16-13)9-6-17(11(18)5-15)10-4-2-1-3-8(9)10/h1-4,6-7H,5H2. The number of nitrogens with zero attached hydrogens (tertiary/aromatic N) is 2. The molecule has 96 valence electrons. The van der Waals surface area contributed by atoms with Crippen LogP contribution >= 0.6 is 27.5 Å². The van der Waals surface area contributed by atoms with E-state index < -0.39 is 0 Å². The molecule has 0 saturated heterocycles. The molecule has 0 amide bonds. The van der Waals surface area contributed by atoms with Crippen molar-refractivity contribution in [2.24, 2.45) is 0 Å². The molecule has 0 saturated carbocycles. The van der Waals surface area contributed by atoms with Crippen LogP contribution in [-0.2, 0) is 0 Å². The van der Waals surface area contributed by atoms with Crippen LogP contribution in [0.5, 0.6) is 0 Å². The van der Waals surface area contributed by atoms with Gasteiger partial charge >= 0.3 is 0 Å². The molecule has 0 aliphatic heterocycles. The third kappa shape index (κ3) is 1.99. The van der Waals surface area contributed by atoms with Crippen LogP contribution < -0.4 is 0 Å². The molecule has 0 bridgehead atoms. The molecule has 0 N–H and O–H groups in total. The minimum Gasteiger partial charge on any atom is -0.442 e. The molecule has 0 radical (unpaired) electrons.